The maximum absolute atomic E-state index is 4.69. The van der Waals surface area contributed by atoms with Gasteiger partial charge in [0.2, 0.25) is 0 Å². The van der Waals surface area contributed by atoms with Crippen LogP contribution in [0.5, 0.6) is 0 Å². The second kappa shape index (κ2) is 11.6. The summed E-state index contributed by atoms with van der Waals surface area (Å²) < 4.78 is 1.15. The lowest BCUT2D eigenvalue weighted by Gasteiger charge is -2.21. The van der Waals surface area contributed by atoms with Gasteiger partial charge in [0.1, 0.15) is 4.34 Å². The molecule has 0 bridgehead atoms. The molecule has 1 heterocycles. The Morgan fingerprint density at radius 2 is 2.43 bits per heavy atom. The molecule has 0 fully saturated rings. The predicted octanol–water partition coefficient (Wildman–Crippen LogP) is 3.49. The zero-order valence-electron chi connectivity index (χ0n) is 13.0. The van der Waals surface area contributed by atoms with Crippen LogP contribution in [0.4, 0.5) is 0 Å². The summed E-state index contributed by atoms with van der Waals surface area (Å²) in [6.45, 7) is 8.62. The number of unbranched alkanes of at least 4 members (excludes halogenated alkanes) is 1. The molecule has 0 saturated carbocycles. The van der Waals surface area contributed by atoms with E-state index in [2.05, 4.69) is 40.7 Å². The van der Waals surface area contributed by atoms with E-state index in [9.17, 15) is 0 Å². The summed E-state index contributed by atoms with van der Waals surface area (Å²) in [4.78, 5) is 11.1. The molecule has 6 heteroatoms. The molecule has 21 heavy (non-hydrogen) atoms. The predicted molar refractivity (Wildman–Crippen MR) is 95.5 cm³/mol. The summed E-state index contributed by atoms with van der Waals surface area (Å²) in [6, 6.07) is 0. The fraction of sp³-hybridized carbons (Fsp3) is 0.600. The molecule has 0 aliphatic carbocycles. The van der Waals surface area contributed by atoms with E-state index >= 15 is 0 Å². The molecule has 0 aliphatic heterocycles. The van der Waals surface area contributed by atoms with Crippen molar-refractivity contribution in [3.05, 3.63) is 24.2 Å². The quantitative estimate of drug-likeness (QED) is 0.235. The van der Waals surface area contributed by atoms with Gasteiger partial charge in [-0.2, -0.15) is 0 Å². The zero-order valence-corrected chi connectivity index (χ0v) is 14.7. The molecule has 0 saturated heterocycles. The fourth-order valence-electron chi connectivity index (χ4n) is 1.74. The number of aromatic nitrogens is 1. The van der Waals surface area contributed by atoms with Gasteiger partial charge in [-0.05, 0) is 26.2 Å². The number of hydrogen-bond acceptors (Lipinski definition) is 4. The van der Waals surface area contributed by atoms with Crippen LogP contribution in [-0.4, -0.2) is 48.3 Å². The number of rotatable bonds is 10. The van der Waals surface area contributed by atoms with E-state index in [-0.39, 0.29) is 0 Å². The van der Waals surface area contributed by atoms with Crippen LogP contribution in [0.3, 0.4) is 0 Å². The van der Waals surface area contributed by atoms with E-state index in [1.807, 2.05) is 29.4 Å². The molecule has 0 atom stereocenters. The van der Waals surface area contributed by atoms with E-state index < -0.39 is 0 Å². The lowest BCUT2D eigenvalue weighted by atomic mass is 10.3. The molecule has 0 radical (unpaired) electrons. The lowest BCUT2D eigenvalue weighted by molar-refractivity contribution is 0.470. The first-order valence-corrected chi connectivity index (χ1v) is 9.27. The van der Waals surface area contributed by atoms with Crippen molar-refractivity contribution in [1.29, 1.82) is 0 Å². The second-order valence-corrected chi connectivity index (χ2v) is 6.82. The van der Waals surface area contributed by atoms with Crippen LogP contribution in [0.2, 0.25) is 0 Å². The summed E-state index contributed by atoms with van der Waals surface area (Å²) in [5.74, 6) is 2.07. The third kappa shape index (κ3) is 8.12. The first kappa shape index (κ1) is 18.0. The molecule has 1 rings (SSSR count). The molecule has 1 N–H and O–H groups in total. The molecule has 118 valence electrons. The third-order valence-electron chi connectivity index (χ3n) is 2.80. The summed E-state index contributed by atoms with van der Waals surface area (Å²) >= 11 is 3.51. The van der Waals surface area contributed by atoms with Gasteiger partial charge >= 0.3 is 0 Å². The zero-order chi connectivity index (χ0) is 15.3. The summed E-state index contributed by atoms with van der Waals surface area (Å²) in [5, 5.41) is 5.36. The highest BCUT2D eigenvalue weighted by atomic mass is 32.2. The molecule has 0 aromatic carbocycles. The molecular formula is C15H26N4S2. The molecule has 1 aromatic heterocycles. The van der Waals surface area contributed by atoms with Gasteiger partial charge in [-0.1, -0.05) is 17.8 Å². The Balaban J connectivity index is 2.27. The van der Waals surface area contributed by atoms with E-state index in [0.29, 0.717) is 0 Å². The maximum Gasteiger partial charge on any atom is 0.193 e. The second-order valence-electron chi connectivity index (χ2n) is 4.59. The molecule has 4 nitrogen and oxygen atoms in total. The van der Waals surface area contributed by atoms with Crippen molar-refractivity contribution in [2.24, 2.45) is 4.99 Å². The first-order chi connectivity index (χ1) is 10.3. The number of thioether (sulfide) groups is 1. The van der Waals surface area contributed by atoms with Crippen LogP contribution < -0.4 is 5.32 Å². The maximum atomic E-state index is 4.69. The Morgan fingerprint density at radius 3 is 3.10 bits per heavy atom. The number of allylic oxidation sites excluding steroid dienone is 1. The van der Waals surface area contributed by atoms with Crippen molar-refractivity contribution < 1.29 is 0 Å². The van der Waals surface area contributed by atoms with Gasteiger partial charge in [0.05, 0.1) is 0 Å². The van der Waals surface area contributed by atoms with Crippen LogP contribution >= 0.6 is 23.1 Å². The van der Waals surface area contributed by atoms with Gasteiger partial charge in [0.25, 0.3) is 0 Å². The van der Waals surface area contributed by atoms with Gasteiger partial charge in [-0.3, -0.25) is 4.99 Å². The highest BCUT2D eigenvalue weighted by Gasteiger charge is 2.04. The van der Waals surface area contributed by atoms with Gasteiger partial charge in [0.15, 0.2) is 5.96 Å². The van der Waals surface area contributed by atoms with Gasteiger partial charge in [-0.15, -0.1) is 17.9 Å². The van der Waals surface area contributed by atoms with Gasteiger partial charge in [-0.25, -0.2) is 4.98 Å². The minimum absolute atomic E-state index is 0.854. The summed E-state index contributed by atoms with van der Waals surface area (Å²) in [6.07, 6.45) is 7.05. The van der Waals surface area contributed by atoms with Crippen LogP contribution in [-0.2, 0) is 0 Å². The standard InChI is InChI=1S/C15H26N4S2/c1-4-6-7-11-19(3)14(16-5-2)17-9-8-12-20-15-18-10-13-21-15/h4,10,13H,1,5-9,11-12H2,2-3H3,(H,16,17). The topological polar surface area (TPSA) is 40.5 Å². The molecule has 0 spiro atoms. The Bertz CT molecular complexity index is 404. The van der Waals surface area contributed by atoms with Crippen molar-refractivity contribution in [2.75, 3.05) is 32.4 Å². The highest BCUT2D eigenvalue weighted by molar-refractivity contribution is 8.00. The van der Waals surface area contributed by atoms with Crippen LogP contribution in [0, 0.1) is 0 Å². The minimum atomic E-state index is 0.854. The first-order valence-electron chi connectivity index (χ1n) is 7.40. The molecule has 0 aliphatic rings. The number of nitrogens with zero attached hydrogens (tertiary/aromatic N) is 3. The highest BCUT2D eigenvalue weighted by Crippen LogP contribution is 2.20. The molecular weight excluding hydrogens is 300 g/mol. The number of aliphatic imine (C=N–C) groups is 1. The van der Waals surface area contributed by atoms with Crippen LogP contribution in [0.25, 0.3) is 0 Å². The number of hydrogen-bond donors (Lipinski definition) is 1. The smallest absolute Gasteiger partial charge is 0.193 e. The average molecular weight is 327 g/mol. The Morgan fingerprint density at radius 1 is 1.57 bits per heavy atom. The monoisotopic (exact) mass is 326 g/mol. The van der Waals surface area contributed by atoms with Crippen LogP contribution in [0.15, 0.2) is 33.6 Å². The van der Waals surface area contributed by atoms with E-state index in [0.717, 1.165) is 54.9 Å². The number of thiazole rings is 1. The Hall–Kier alpha value is -1.01. The van der Waals surface area contributed by atoms with E-state index in [1.54, 1.807) is 11.3 Å². The summed E-state index contributed by atoms with van der Waals surface area (Å²) in [5.41, 5.74) is 0. The minimum Gasteiger partial charge on any atom is -0.357 e. The third-order valence-corrected chi connectivity index (χ3v) is 4.85. The van der Waals surface area contributed by atoms with E-state index in [4.69, 9.17) is 0 Å². The largest absolute Gasteiger partial charge is 0.357 e. The lowest BCUT2D eigenvalue weighted by Crippen LogP contribution is -2.39. The fourth-order valence-corrected chi connectivity index (χ4v) is 3.37. The number of nitrogens with one attached hydrogen (secondary N) is 1. The van der Waals surface area contributed by atoms with E-state index in [1.165, 1.54) is 0 Å². The molecule has 0 unspecified atom stereocenters. The van der Waals surface area contributed by atoms with Crippen molar-refractivity contribution in [3.63, 3.8) is 0 Å². The van der Waals surface area contributed by atoms with Gasteiger partial charge in [0, 0.05) is 44.0 Å². The van der Waals surface area contributed by atoms with Crippen molar-refractivity contribution >= 4 is 29.1 Å². The summed E-state index contributed by atoms with van der Waals surface area (Å²) in [7, 11) is 2.09. The SMILES string of the molecule is C=CCCCN(C)C(=NCCCSc1nccs1)NCC. The van der Waals surface area contributed by atoms with Crippen molar-refractivity contribution in [3.8, 4) is 0 Å². The number of guanidine groups is 1. The molecule has 1 aromatic rings. The Kier molecular flexibility index (Phi) is 9.99. The normalized spacial score (nSPS) is 11.4. The average Bonchev–Trinajstić information content (AvgIpc) is 2.99. The van der Waals surface area contributed by atoms with Crippen LogP contribution in [0.1, 0.15) is 26.2 Å². The van der Waals surface area contributed by atoms with Crippen molar-refractivity contribution in [2.45, 2.75) is 30.5 Å². The van der Waals surface area contributed by atoms with Gasteiger partial charge < -0.3 is 10.2 Å². The van der Waals surface area contributed by atoms with Crippen molar-refractivity contribution in [1.82, 2.24) is 15.2 Å². The Labute approximate surface area is 136 Å². The molecule has 0 amide bonds.